The Bertz CT molecular complexity index is 718. The number of carboxylic acid groups (broad SMARTS) is 1. The molecule has 0 radical (unpaired) electrons. The van der Waals surface area contributed by atoms with E-state index in [0.29, 0.717) is 0 Å². The summed E-state index contributed by atoms with van der Waals surface area (Å²) in [7, 11) is 1.21. The van der Waals surface area contributed by atoms with Crippen molar-refractivity contribution in [2.75, 3.05) is 12.4 Å². The number of methoxy groups -OCH3 is 1. The molecule has 0 fully saturated rings. The summed E-state index contributed by atoms with van der Waals surface area (Å²) in [4.78, 5) is 22.9. The van der Waals surface area contributed by atoms with Gasteiger partial charge in [-0.1, -0.05) is 30.3 Å². The molecule has 2 N–H and O–H groups in total. The molecule has 6 nitrogen and oxygen atoms in total. The van der Waals surface area contributed by atoms with E-state index >= 15 is 0 Å². The van der Waals surface area contributed by atoms with Gasteiger partial charge in [0.15, 0.2) is 11.6 Å². The molecule has 0 aliphatic rings. The third kappa shape index (κ3) is 4.19. The van der Waals surface area contributed by atoms with Crippen molar-refractivity contribution in [2.45, 2.75) is 6.61 Å². The number of benzene rings is 2. The molecule has 120 valence electrons. The highest BCUT2D eigenvalue weighted by Crippen LogP contribution is 2.26. The summed E-state index contributed by atoms with van der Waals surface area (Å²) in [6, 6.07) is 10.8. The maximum Gasteiger partial charge on any atom is 0.411 e. The monoisotopic (exact) mass is 319 g/mol. The molecule has 0 heterocycles. The minimum atomic E-state index is -1.33. The molecule has 0 aromatic heterocycles. The highest BCUT2D eigenvalue weighted by Gasteiger charge is 2.18. The smallest absolute Gasteiger partial charge is 0.411 e. The summed E-state index contributed by atoms with van der Waals surface area (Å²) >= 11 is 0. The van der Waals surface area contributed by atoms with Crippen LogP contribution in [0.4, 0.5) is 14.9 Å². The van der Waals surface area contributed by atoms with Gasteiger partial charge < -0.3 is 14.6 Å². The molecule has 2 aromatic carbocycles. The maximum absolute atomic E-state index is 13.7. The van der Waals surface area contributed by atoms with Gasteiger partial charge in [0.1, 0.15) is 6.61 Å². The molecular weight excluding hydrogens is 305 g/mol. The SMILES string of the molecule is COc1cc(C(=O)O)c(NC(=O)OCc2ccccc2)cc1F. The van der Waals surface area contributed by atoms with Gasteiger partial charge in [-0.2, -0.15) is 0 Å². The number of aromatic carboxylic acids is 1. The number of nitrogens with one attached hydrogen (secondary N) is 1. The Hall–Kier alpha value is -3.09. The first-order chi connectivity index (χ1) is 11.0. The number of anilines is 1. The van der Waals surface area contributed by atoms with Crippen molar-refractivity contribution in [2.24, 2.45) is 0 Å². The van der Waals surface area contributed by atoms with Crippen molar-refractivity contribution < 1.29 is 28.6 Å². The van der Waals surface area contributed by atoms with Crippen LogP contribution in [-0.2, 0) is 11.3 Å². The van der Waals surface area contributed by atoms with Crippen molar-refractivity contribution in [3.05, 3.63) is 59.4 Å². The summed E-state index contributed by atoms with van der Waals surface area (Å²) in [5.41, 5.74) is 0.246. The number of hydrogen-bond acceptors (Lipinski definition) is 4. The Morgan fingerprint density at radius 3 is 2.52 bits per heavy atom. The number of hydrogen-bond donors (Lipinski definition) is 2. The van der Waals surface area contributed by atoms with Gasteiger partial charge in [0.05, 0.1) is 18.4 Å². The second-order valence-corrected chi connectivity index (χ2v) is 4.52. The Balaban J connectivity index is 2.11. The minimum Gasteiger partial charge on any atom is -0.494 e. The van der Waals surface area contributed by atoms with Crippen LogP contribution in [-0.4, -0.2) is 24.3 Å². The van der Waals surface area contributed by atoms with Crippen LogP contribution < -0.4 is 10.1 Å². The molecule has 2 rings (SSSR count). The van der Waals surface area contributed by atoms with E-state index in [-0.39, 0.29) is 23.6 Å². The van der Waals surface area contributed by atoms with Gasteiger partial charge in [-0.3, -0.25) is 5.32 Å². The van der Waals surface area contributed by atoms with Crippen LogP contribution in [0, 0.1) is 5.82 Å². The molecule has 0 bridgehead atoms. The van der Waals surface area contributed by atoms with E-state index in [1.165, 1.54) is 7.11 Å². The summed E-state index contributed by atoms with van der Waals surface area (Å²) in [5.74, 6) is -2.36. The molecule has 0 spiro atoms. The topological polar surface area (TPSA) is 84.9 Å². The Kier molecular flexibility index (Phi) is 5.14. The number of carbonyl (C=O) groups excluding carboxylic acids is 1. The largest absolute Gasteiger partial charge is 0.494 e. The van der Waals surface area contributed by atoms with Crippen molar-refractivity contribution in [1.29, 1.82) is 0 Å². The van der Waals surface area contributed by atoms with Gasteiger partial charge in [-0.25, -0.2) is 14.0 Å². The normalized spacial score (nSPS) is 10.0. The van der Waals surface area contributed by atoms with Gasteiger partial charge in [0.2, 0.25) is 0 Å². The lowest BCUT2D eigenvalue weighted by molar-refractivity contribution is 0.0697. The fraction of sp³-hybridized carbons (Fsp3) is 0.125. The minimum absolute atomic E-state index is 0.00765. The van der Waals surface area contributed by atoms with Crippen LogP contribution in [0.2, 0.25) is 0 Å². The number of amides is 1. The summed E-state index contributed by atoms with van der Waals surface area (Å²) in [5, 5.41) is 11.3. The molecule has 0 unspecified atom stereocenters. The van der Waals surface area contributed by atoms with E-state index in [2.05, 4.69) is 5.32 Å². The average molecular weight is 319 g/mol. The highest BCUT2D eigenvalue weighted by atomic mass is 19.1. The lowest BCUT2D eigenvalue weighted by Gasteiger charge is -2.11. The van der Waals surface area contributed by atoms with E-state index < -0.39 is 17.9 Å². The van der Waals surface area contributed by atoms with E-state index in [1.54, 1.807) is 24.3 Å². The first kappa shape index (κ1) is 16.3. The lowest BCUT2D eigenvalue weighted by Crippen LogP contribution is -2.16. The average Bonchev–Trinajstić information content (AvgIpc) is 2.54. The zero-order chi connectivity index (χ0) is 16.8. The first-order valence-electron chi connectivity index (χ1n) is 6.59. The molecule has 1 amide bonds. The van der Waals surface area contributed by atoms with E-state index in [0.717, 1.165) is 17.7 Å². The van der Waals surface area contributed by atoms with Crippen molar-refractivity contribution in [3.63, 3.8) is 0 Å². The number of rotatable bonds is 5. The fourth-order valence-electron chi connectivity index (χ4n) is 1.86. The molecule has 0 saturated carbocycles. The molecule has 0 aliphatic heterocycles. The van der Waals surface area contributed by atoms with E-state index in [1.807, 2.05) is 6.07 Å². The quantitative estimate of drug-likeness (QED) is 0.883. The summed E-state index contributed by atoms with van der Waals surface area (Å²) in [6.07, 6.45) is -0.888. The van der Waals surface area contributed by atoms with E-state index in [4.69, 9.17) is 14.6 Å². The molecule has 2 aromatic rings. The Morgan fingerprint density at radius 2 is 1.91 bits per heavy atom. The molecule has 0 atom stereocenters. The fourth-order valence-corrected chi connectivity index (χ4v) is 1.86. The zero-order valence-electron chi connectivity index (χ0n) is 12.2. The van der Waals surface area contributed by atoms with Gasteiger partial charge in [-0.05, 0) is 11.6 Å². The van der Waals surface area contributed by atoms with Crippen LogP contribution in [0.5, 0.6) is 5.75 Å². The van der Waals surface area contributed by atoms with Crippen molar-refractivity contribution in [1.82, 2.24) is 0 Å². The standard InChI is InChI=1S/C16H14FNO5/c1-22-14-7-11(15(19)20)13(8-12(14)17)18-16(21)23-9-10-5-3-2-4-6-10/h2-8H,9H2,1H3,(H,18,21)(H,19,20). The maximum atomic E-state index is 13.7. The molecule has 7 heteroatoms. The van der Waals surface area contributed by atoms with Gasteiger partial charge >= 0.3 is 12.1 Å². The third-order valence-electron chi connectivity index (χ3n) is 2.97. The first-order valence-corrected chi connectivity index (χ1v) is 6.59. The third-order valence-corrected chi connectivity index (χ3v) is 2.97. The van der Waals surface area contributed by atoms with Gasteiger partial charge in [0.25, 0.3) is 0 Å². The van der Waals surface area contributed by atoms with Gasteiger partial charge in [0, 0.05) is 6.07 Å². The molecular formula is C16H14FNO5. The second-order valence-electron chi connectivity index (χ2n) is 4.52. The van der Waals surface area contributed by atoms with E-state index in [9.17, 15) is 14.0 Å². The summed E-state index contributed by atoms with van der Waals surface area (Å²) in [6.45, 7) is 0.00765. The van der Waals surface area contributed by atoms with Crippen molar-refractivity contribution >= 4 is 17.7 Å². The summed E-state index contributed by atoms with van der Waals surface area (Å²) < 4.78 is 23.4. The predicted molar refractivity (Wildman–Crippen MR) is 80.2 cm³/mol. The van der Waals surface area contributed by atoms with Crippen LogP contribution in [0.25, 0.3) is 0 Å². The van der Waals surface area contributed by atoms with Crippen molar-refractivity contribution in [3.8, 4) is 5.75 Å². The Labute approximate surface area is 131 Å². The lowest BCUT2D eigenvalue weighted by atomic mass is 10.1. The predicted octanol–water partition coefficient (Wildman–Crippen LogP) is 3.28. The number of halogens is 1. The number of carbonyl (C=O) groups is 2. The molecule has 0 aliphatic carbocycles. The number of ether oxygens (including phenoxy) is 2. The zero-order valence-corrected chi connectivity index (χ0v) is 12.2. The number of carboxylic acids is 1. The van der Waals surface area contributed by atoms with Gasteiger partial charge in [-0.15, -0.1) is 0 Å². The highest BCUT2D eigenvalue weighted by molar-refractivity contribution is 5.99. The molecule has 0 saturated heterocycles. The van der Waals surface area contributed by atoms with Crippen LogP contribution in [0.3, 0.4) is 0 Å². The second kappa shape index (κ2) is 7.26. The van der Waals surface area contributed by atoms with Crippen LogP contribution >= 0.6 is 0 Å². The molecule has 23 heavy (non-hydrogen) atoms. The Morgan fingerprint density at radius 1 is 1.22 bits per heavy atom. The van der Waals surface area contributed by atoms with Crippen LogP contribution in [0.15, 0.2) is 42.5 Å². The van der Waals surface area contributed by atoms with Crippen LogP contribution in [0.1, 0.15) is 15.9 Å².